The van der Waals surface area contributed by atoms with E-state index < -0.39 is 41.0 Å². The molecule has 210 valence electrons. The number of rotatable bonds is 6. The molecule has 2 aromatic carbocycles. The van der Waals surface area contributed by atoms with E-state index in [0.29, 0.717) is 12.1 Å². The lowest BCUT2D eigenvalue weighted by Crippen LogP contribution is -2.57. The molecule has 4 rings (SSSR count). The number of carbonyl (C=O) groups is 2. The van der Waals surface area contributed by atoms with Crippen LogP contribution >= 0.6 is 0 Å². The number of nitrogens with zero attached hydrogens (tertiary/aromatic N) is 2. The molecule has 0 spiro atoms. The van der Waals surface area contributed by atoms with Crippen molar-refractivity contribution in [2.75, 3.05) is 26.2 Å². The Kier molecular flexibility index (Phi) is 7.97. The Hall–Kier alpha value is -3.54. The van der Waals surface area contributed by atoms with E-state index in [2.05, 4.69) is 10.3 Å². The summed E-state index contributed by atoms with van der Waals surface area (Å²) in [5, 5.41) is 3.68. The first kappa shape index (κ1) is 28.5. The summed E-state index contributed by atoms with van der Waals surface area (Å²) >= 11 is 0. The molecule has 1 unspecified atom stereocenters. The minimum atomic E-state index is -5.07. The van der Waals surface area contributed by atoms with Crippen LogP contribution in [0.15, 0.2) is 48.7 Å². The second kappa shape index (κ2) is 10.9. The van der Waals surface area contributed by atoms with Gasteiger partial charge in [0.2, 0.25) is 5.91 Å². The minimum absolute atomic E-state index is 0.00543. The topological polar surface area (TPSA) is 68.4 Å². The van der Waals surface area contributed by atoms with Crippen molar-refractivity contribution in [2.45, 2.75) is 44.7 Å². The summed E-state index contributed by atoms with van der Waals surface area (Å²) in [6, 6.07) is 7.68. The molecule has 1 atom stereocenters. The van der Waals surface area contributed by atoms with Gasteiger partial charge in [-0.05, 0) is 50.1 Å². The van der Waals surface area contributed by atoms with E-state index in [1.165, 1.54) is 4.90 Å². The molecule has 3 aromatic rings. The second-order valence-corrected chi connectivity index (χ2v) is 9.97. The van der Waals surface area contributed by atoms with Crippen LogP contribution in [0.25, 0.3) is 10.9 Å². The van der Waals surface area contributed by atoms with Gasteiger partial charge in [0.25, 0.3) is 5.91 Å². The molecule has 2 N–H and O–H groups in total. The van der Waals surface area contributed by atoms with E-state index >= 15 is 0 Å². The molecule has 1 aliphatic heterocycles. The number of nitrogens with one attached hydrogen (secondary N) is 2. The van der Waals surface area contributed by atoms with E-state index in [9.17, 15) is 35.9 Å². The van der Waals surface area contributed by atoms with Gasteiger partial charge in [0.15, 0.2) is 0 Å². The van der Waals surface area contributed by atoms with Gasteiger partial charge < -0.3 is 15.2 Å². The largest absolute Gasteiger partial charge is 0.416 e. The molecule has 2 amide bonds. The molecule has 12 heteroatoms. The highest BCUT2D eigenvalue weighted by Crippen LogP contribution is 2.37. The summed E-state index contributed by atoms with van der Waals surface area (Å²) < 4.78 is 80.6. The molecule has 6 nitrogen and oxygen atoms in total. The van der Waals surface area contributed by atoms with Gasteiger partial charge in [-0.25, -0.2) is 0 Å². The van der Waals surface area contributed by atoms with Crippen molar-refractivity contribution in [1.82, 2.24) is 20.1 Å². The van der Waals surface area contributed by atoms with Crippen LogP contribution in [0.2, 0.25) is 0 Å². The molecule has 1 saturated heterocycles. The van der Waals surface area contributed by atoms with Crippen molar-refractivity contribution in [3.63, 3.8) is 0 Å². The lowest BCUT2D eigenvalue weighted by atomic mass is 9.98. The maximum absolute atomic E-state index is 13.5. The summed E-state index contributed by atoms with van der Waals surface area (Å²) in [6.45, 7) is 4.15. The van der Waals surface area contributed by atoms with E-state index in [1.807, 2.05) is 43.0 Å². The predicted octanol–water partition coefficient (Wildman–Crippen LogP) is 5.10. The summed E-state index contributed by atoms with van der Waals surface area (Å²) in [4.78, 5) is 32.2. The fourth-order valence-corrected chi connectivity index (χ4v) is 4.87. The maximum Gasteiger partial charge on any atom is 0.416 e. The lowest BCUT2D eigenvalue weighted by molar-refractivity contribution is -0.143. The zero-order valence-corrected chi connectivity index (χ0v) is 21.3. The molecule has 0 saturated carbocycles. The number of fused-ring (bicyclic) bond motifs is 1. The van der Waals surface area contributed by atoms with Crippen molar-refractivity contribution in [1.29, 1.82) is 0 Å². The van der Waals surface area contributed by atoms with Crippen LogP contribution in [0.5, 0.6) is 0 Å². The third-order valence-electron chi connectivity index (χ3n) is 6.61. The SMILES string of the molecule is CC(C)NC(=O)CN1CCN(C(=O)c2cc(C(F)(F)F)cc(C(F)(F)F)c2)C(Cc2c[nH]c3ccccc23)C1. The Bertz CT molecular complexity index is 1320. The molecule has 0 bridgehead atoms. The Balaban J connectivity index is 1.67. The van der Waals surface area contributed by atoms with Gasteiger partial charge in [0.05, 0.1) is 17.7 Å². The van der Waals surface area contributed by atoms with Crippen LogP contribution < -0.4 is 5.32 Å². The van der Waals surface area contributed by atoms with Crippen LogP contribution in [-0.4, -0.2) is 64.9 Å². The Morgan fingerprint density at radius 2 is 1.64 bits per heavy atom. The number of piperazine rings is 1. The molecule has 1 aromatic heterocycles. The highest BCUT2D eigenvalue weighted by Gasteiger charge is 2.39. The van der Waals surface area contributed by atoms with Crippen LogP contribution in [0.3, 0.4) is 0 Å². The average Bonchev–Trinajstić information content (AvgIpc) is 3.25. The first-order valence-corrected chi connectivity index (χ1v) is 12.4. The van der Waals surface area contributed by atoms with E-state index in [0.717, 1.165) is 16.5 Å². The van der Waals surface area contributed by atoms with Gasteiger partial charge in [-0.3, -0.25) is 14.5 Å². The summed E-state index contributed by atoms with van der Waals surface area (Å²) in [7, 11) is 0. The third-order valence-corrected chi connectivity index (χ3v) is 6.61. The number of benzene rings is 2. The van der Waals surface area contributed by atoms with E-state index in [-0.39, 0.29) is 50.6 Å². The lowest BCUT2D eigenvalue weighted by Gasteiger charge is -2.41. The number of para-hydroxylation sites is 1. The number of H-pyrrole nitrogens is 1. The fourth-order valence-electron chi connectivity index (χ4n) is 4.87. The molecule has 1 fully saturated rings. The van der Waals surface area contributed by atoms with Crippen molar-refractivity contribution < 1.29 is 35.9 Å². The fraction of sp³-hybridized carbons (Fsp3) is 0.407. The van der Waals surface area contributed by atoms with Crippen molar-refractivity contribution >= 4 is 22.7 Å². The quantitative estimate of drug-likeness (QED) is 0.417. The Labute approximate surface area is 221 Å². The molecule has 0 radical (unpaired) electrons. The predicted molar refractivity (Wildman–Crippen MR) is 133 cm³/mol. The number of aromatic amines is 1. The van der Waals surface area contributed by atoms with Gasteiger partial charge in [-0.2, -0.15) is 26.3 Å². The number of hydrogen-bond acceptors (Lipinski definition) is 3. The molecule has 1 aliphatic rings. The summed E-state index contributed by atoms with van der Waals surface area (Å²) in [6.07, 6.45) is -8.09. The molecular formula is C27H28F6N4O2. The molecular weight excluding hydrogens is 526 g/mol. The van der Waals surface area contributed by atoms with Crippen molar-refractivity contribution in [2.24, 2.45) is 0 Å². The number of aromatic nitrogens is 1. The van der Waals surface area contributed by atoms with Crippen molar-refractivity contribution in [3.05, 3.63) is 70.9 Å². The molecule has 0 aliphatic carbocycles. The van der Waals surface area contributed by atoms with E-state index in [4.69, 9.17) is 0 Å². The Morgan fingerprint density at radius 3 is 2.26 bits per heavy atom. The summed E-state index contributed by atoms with van der Waals surface area (Å²) in [5.74, 6) is -1.15. The standard InChI is InChI=1S/C27H28F6N4O2/c1-16(2)35-24(38)15-36-7-8-37(21(14-36)11-18-13-34-23-6-4-3-5-22(18)23)25(39)17-9-19(26(28,29)30)12-20(10-17)27(31,32)33/h3-6,9-10,12-13,16,21,34H,7-8,11,14-15H2,1-2H3,(H,35,38). The normalized spacial score (nSPS) is 17.2. The number of hydrogen-bond donors (Lipinski definition) is 2. The van der Waals surface area contributed by atoms with Crippen molar-refractivity contribution in [3.8, 4) is 0 Å². The van der Waals surface area contributed by atoms with Gasteiger partial charge in [0, 0.05) is 54.4 Å². The van der Waals surface area contributed by atoms with Crippen LogP contribution in [0.1, 0.15) is 40.9 Å². The zero-order valence-electron chi connectivity index (χ0n) is 21.3. The number of halogens is 6. The van der Waals surface area contributed by atoms with Gasteiger partial charge >= 0.3 is 12.4 Å². The number of carbonyl (C=O) groups excluding carboxylic acids is 2. The van der Waals surface area contributed by atoms with Crippen LogP contribution in [-0.2, 0) is 23.6 Å². The average molecular weight is 555 g/mol. The van der Waals surface area contributed by atoms with Crippen LogP contribution in [0.4, 0.5) is 26.3 Å². The van der Waals surface area contributed by atoms with Gasteiger partial charge in [0.1, 0.15) is 0 Å². The highest BCUT2D eigenvalue weighted by atomic mass is 19.4. The maximum atomic E-state index is 13.5. The zero-order chi connectivity index (χ0) is 28.5. The monoisotopic (exact) mass is 554 g/mol. The second-order valence-electron chi connectivity index (χ2n) is 9.97. The van der Waals surface area contributed by atoms with Crippen LogP contribution in [0, 0.1) is 0 Å². The van der Waals surface area contributed by atoms with E-state index in [1.54, 1.807) is 6.20 Å². The first-order valence-electron chi connectivity index (χ1n) is 12.4. The van der Waals surface area contributed by atoms with Gasteiger partial charge in [-0.15, -0.1) is 0 Å². The molecule has 2 heterocycles. The number of amides is 2. The summed E-state index contributed by atoms with van der Waals surface area (Å²) in [5.41, 5.74) is -2.09. The highest BCUT2D eigenvalue weighted by molar-refractivity contribution is 5.95. The van der Waals surface area contributed by atoms with Gasteiger partial charge in [-0.1, -0.05) is 18.2 Å². The number of alkyl halides is 6. The minimum Gasteiger partial charge on any atom is -0.361 e. The Morgan fingerprint density at radius 1 is 1.00 bits per heavy atom. The smallest absolute Gasteiger partial charge is 0.361 e. The first-order chi connectivity index (χ1) is 18.2. The third kappa shape index (κ3) is 6.73. The molecule has 39 heavy (non-hydrogen) atoms.